The first-order valence-corrected chi connectivity index (χ1v) is 9.94. The third-order valence-corrected chi connectivity index (χ3v) is 5.60. The summed E-state index contributed by atoms with van der Waals surface area (Å²) < 4.78 is 12.4. The maximum absolute atomic E-state index is 12.6. The van der Waals surface area contributed by atoms with Gasteiger partial charge in [-0.2, -0.15) is 0 Å². The van der Waals surface area contributed by atoms with Crippen molar-refractivity contribution in [3.8, 4) is 17.0 Å². The molecule has 154 valence electrons. The summed E-state index contributed by atoms with van der Waals surface area (Å²) in [5, 5.41) is 0. The highest BCUT2D eigenvalue weighted by Crippen LogP contribution is 2.37. The van der Waals surface area contributed by atoms with Gasteiger partial charge in [0.25, 0.3) is 0 Å². The van der Waals surface area contributed by atoms with Crippen LogP contribution in [-0.4, -0.2) is 34.6 Å². The van der Waals surface area contributed by atoms with Gasteiger partial charge in [-0.3, -0.25) is 9.88 Å². The molecule has 3 heterocycles. The second kappa shape index (κ2) is 7.65. The summed E-state index contributed by atoms with van der Waals surface area (Å²) in [5.74, 6) is 0.797. The number of rotatable bonds is 3. The second-order valence-electron chi connectivity index (χ2n) is 7.28. The molecule has 1 atom stereocenters. The normalized spacial score (nSPS) is 15.0. The highest BCUT2D eigenvalue weighted by atomic mass is 16.5. The van der Waals surface area contributed by atoms with Gasteiger partial charge in [0, 0.05) is 18.0 Å². The van der Waals surface area contributed by atoms with Crippen LogP contribution in [0.1, 0.15) is 22.9 Å². The van der Waals surface area contributed by atoms with Crippen molar-refractivity contribution < 1.29 is 14.3 Å². The molecule has 0 bridgehead atoms. The summed E-state index contributed by atoms with van der Waals surface area (Å²) in [7, 11) is 3.05. The average molecular weight is 411 g/mol. The van der Waals surface area contributed by atoms with Crippen molar-refractivity contribution in [2.75, 3.05) is 14.2 Å². The topological polar surface area (TPSA) is 56.1 Å². The average Bonchev–Trinajstić information content (AvgIpc) is 3.25. The van der Waals surface area contributed by atoms with Gasteiger partial charge in [-0.1, -0.05) is 24.3 Å². The van der Waals surface area contributed by atoms with Gasteiger partial charge in [0.15, 0.2) is 0 Å². The largest absolute Gasteiger partial charge is 0.497 e. The van der Waals surface area contributed by atoms with Gasteiger partial charge in [0.05, 0.1) is 37.3 Å². The lowest BCUT2D eigenvalue weighted by Gasteiger charge is -2.32. The van der Waals surface area contributed by atoms with E-state index in [2.05, 4.69) is 9.38 Å². The van der Waals surface area contributed by atoms with E-state index in [-0.39, 0.29) is 6.04 Å². The molecular weight excluding hydrogens is 390 g/mol. The van der Waals surface area contributed by atoms with Crippen molar-refractivity contribution in [3.63, 3.8) is 0 Å². The first-order valence-electron chi connectivity index (χ1n) is 9.94. The maximum Gasteiger partial charge on any atom is 0.414 e. The molecule has 0 aliphatic carbocycles. The summed E-state index contributed by atoms with van der Waals surface area (Å²) in [6.45, 7) is 0. The van der Waals surface area contributed by atoms with E-state index in [1.54, 1.807) is 18.2 Å². The van der Waals surface area contributed by atoms with Gasteiger partial charge in [-0.05, 0) is 53.6 Å². The van der Waals surface area contributed by atoms with E-state index in [1.165, 1.54) is 7.11 Å². The van der Waals surface area contributed by atoms with Crippen LogP contribution in [0.4, 0.5) is 4.79 Å². The molecule has 1 aliphatic rings. The number of amides is 1. The molecule has 0 unspecified atom stereocenters. The van der Waals surface area contributed by atoms with Crippen LogP contribution in [0.25, 0.3) is 22.9 Å². The van der Waals surface area contributed by atoms with Crippen LogP contribution in [0.3, 0.4) is 0 Å². The monoisotopic (exact) mass is 411 g/mol. The number of hydrogen-bond donors (Lipinski definition) is 0. The smallest absolute Gasteiger partial charge is 0.414 e. The number of methoxy groups -OCH3 is 2. The number of carbonyl (C=O) groups is 1. The Morgan fingerprint density at radius 1 is 1.00 bits per heavy atom. The van der Waals surface area contributed by atoms with E-state index < -0.39 is 6.09 Å². The Kier molecular flexibility index (Phi) is 4.67. The summed E-state index contributed by atoms with van der Waals surface area (Å²) in [5.41, 5.74) is 5.83. The van der Waals surface area contributed by atoms with E-state index in [0.29, 0.717) is 0 Å². The zero-order chi connectivity index (χ0) is 21.4. The molecule has 0 N–H and O–H groups in total. The maximum atomic E-state index is 12.6. The zero-order valence-electron chi connectivity index (χ0n) is 17.2. The second-order valence-corrected chi connectivity index (χ2v) is 7.28. The first-order chi connectivity index (χ1) is 15.2. The molecule has 0 spiro atoms. The third-order valence-electron chi connectivity index (χ3n) is 5.60. The lowest BCUT2D eigenvalue weighted by atomic mass is 9.94. The summed E-state index contributed by atoms with van der Waals surface area (Å²) >= 11 is 0. The van der Waals surface area contributed by atoms with Crippen molar-refractivity contribution in [2.45, 2.75) is 6.04 Å². The number of benzene rings is 2. The Balaban J connectivity index is 1.66. The molecular formula is C25H21N3O3. The molecule has 1 aliphatic heterocycles. The minimum atomic E-state index is -0.407. The molecule has 0 saturated heterocycles. The Bertz CT molecular complexity index is 1290. The number of fused-ring (bicyclic) bond motifs is 2. The number of aromatic nitrogens is 2. The highest BCUT2D eigenvalue weighted by molar-refractivity contribution is 5.75. The van der Waals surface area contributed by atoms with Crippen molar-refractivity contribution in [3.05, 3.63) is 96.1 Å². The molecule has 0 radical (unpaired) electrons. The Morgan fingerprint density at radius 3 is 2.58 bits per heavy atom. The molecule has 6 heteroatoms. The van der Waals surface area contributed by atoms with Gasteiger partial charge in [-0.15, -0.1) is 0 Å². The quantitative estimate of drug-likeness (QED) is 0.468. The van der Waals surface area contributed by atoms with Crippen LogP contribution in [0.2, 0.25) is 0 Å². The predicted molar refractivity (Wildman–Crippen MR) is 119 cm³/mol. The molecule has 0 saturated carbocycles. The van der Waals surface area contributed by atoms with E-state index in [4.69, 9.17) is 9.47 Å². The number of hydrogen-bond acceptors (Lipinski definition) is 4. The van der Waals surface area contributed by atoms with E-state index in [0.717, 1.165) is 39.3 Å². The van der Waals surface area contributed by atoms with Gasteiger partial charge in [-0.25, -0.2) is 4.79 Å². The van der Waals surface area contributed by atoms with Crippen LogP contribution in [0.5, 0.6) is 5.75 Å². The fraction of sp³-hybridized carbons (Fsp3) is 0.120. The molecule has 2 aromatic carbocycles. The molecule has 4 aromatic rings. The standard InChI is InChI=1S/C25H21N3O3/c1-30-20-10-7-18(8-11-20)22-16-28-19(15-26-22)9-12-23(28)24-21-6-4-3-5-17(21)13-14-27(24)25(29)31-2/h3-16,24H,1-2H3/t24-/m1/s1. The Hall–Kier alpha value is -4.06. The first kappa shape index (κ1) is 18.9. The molecule has 5 rings (SSSR count). The molecule has 2 aromatic heterocycles. The number of carbonyl (C=O) groups excluding carboxylic acids is 1. The zero-order valence-corrected chi connectivity index (χ0v) is 17.2. The third kappa shape index (κ3) is 3.22. The predicted octanol–water partition coefficient (Wildman–Crippen LogP) is 5.15. The van der Waals surface area contributed by atoms with Crippen molar-refractivity contribution in [2.24, 2.45) is 0 Å². The van der Waals surface area contributed by atoms with Crippen LogP contribution in [-0.2, 0) is 4.74 Å². The van der Waals surface area contributed by atoms with E-state index in [9.17, 15) is 4.79 Å². The molecule has 1 amide bonds. The SMILES string of the molecule is COC(=O)N1C=Cc2ccccc2[C@@H]1c1ccc2cnc(-c3ccc(OC)cc3)cn12. The minimum absolute atomic E-state index is 0.317. The van der Waals surface area contributed by atoms with E-state index >= 15 is 0 Å². The van der Waals surface area contributed by atoms with Crippen LogP contribution >= 0.6 is 0 Å². The summed E-state index contributed by atoms with van der Waals surface area (Å²) in [4.78, 5) is 18.8. The number of nitrogens with zero attached hydrogens (tertiary/aromatic N) is 3. The van der Waals surface area contributed by atoms with Gasteiger partial charge >= 0.3 is 6.09 Å². The van der Waals surface area contributed by atoms with Gasteiger partial charge < -0.3 is 13.9 Å². The number of ether oxygens (including phenoxy) is 2. The minimum Gasteiger partial charge on any atom is -0.497 e. The van der Waals surface area contributed by atoms with Crippen molar-refractivity contribution in [1.29, 1.82) is 0 Å². The lowest BCUT2D eigenvalue weighted by molar-refractivity contribution is 0.130. The fourth-order valence-corrected chi connectivity index (χ4v) is 4.04. The van der Waals surface area contributed by atoms with Crippen LogP contribution in [0.15, 0.2) is 79.3 Å². The Labute approximate surface area is 180 Å². The van der Waals surface area contributed by atoms with Gasteiger partial charge in [0.2, 0.25) is 0 Å². The Morgan fingerprint density at radius 2 is 1.81 bits per heavy atom. The van der Waals surface area contributed by atoms with Crippen molar-refractivity contribution >= 4 is 17.7 Å². The van der Waals surface area contributed by atoms with E-state index in [1.807, 2.05) is 79.1 Å². The van der Waals surface area contributed by atoms with Gasteiger partial charge in [0.1, 0.15) is 11.8 Å². The lowest BCUT2D eigenvalue weighted by Crippen LogP contribution is -2.33. The summed E-state index contributed by atoms with van der Waals surface area (Å²) in [6.07, 6.45) is 7.15. The van der Waals surface area contributed by atoms with Crippen LogP contribution in [0, 0.1) is 0 Å². The highest BCUT2D eigenvalue weighted by Gasteiger charge is 2.31. The summed E-state index contributed by atoms with van der Waals surface area (Å²) in [6, 6.07) is 19.6. The molecule has 31 heavy (non-hydrogen) atoms. The molecule has 6 nitrogen and oxygen atoms in total. The van der Waals surface area contributed by atoms with Crippen molar-refractivity contribution in [1.82, 2.24) is 14.3 Å². The fourth-order valence-electron chi connectivity index (χ4n) is 4.04. The van der Waals surface area contributed by atoms with Crippen LogP contribution < -0.4 is 4.74 Å². The molecule has 0 fully saturated rings.